The molecule has 1 saturated heterocycles. The molecule has 0 aromatic heterocycles. The van der Waals surface area contributed by atoms with E-state index in [-0.39, 0.29) is 0 Å². The van der Waals surface area contributed by atoms with E-state index in [1.165, 1.54) is 44.3 Å². The van der Waals surface area contributed by atoms with E-state index in [2.05, 4.69) is 41.5 Å². The highest BCUT2D eigenvalue weighted by Gasteiger charge is 2.23. The second-order valence-electron chi connectivity index (χ2n) is 5.98. The van der Waals surface area contributed by atoms with Crippen LogP contribution in [0.25, 0.3) is 0 Å². The van der Waals surface area contributed by atoms with Crippen molar-refractivity contribution in [1.82, 2.24) is 10.2 Å². The van der Waals surface area contributed by atoms with Crippen LogP contribution in [0, 0.1) is 0 Å². The summed E-state index contributed by atoms with van der Waals surface area (Å²) in [7, 11) is 2.22. The van der Waals surface area contributed by atoms with Crippen LogP contribution in [0.4, 0.5) is 0 Å². The molecule has 0 amide bonds. The zero-order chi connectivity index (χ0) is 12.4. The Hall–Kier alpha value is -0.860. The van der Waals surface area contributed by atoms with Crippen molar-refractivity contribution < 1.29 is 0 Å². The van der Waals surface area contributed by atoms with Crippen LogP contribution in [0.3, 0.4) is 0 Å². The summed E-state index contributed by atoms with van der Waals surface area (Å²) in [4.78, 5) is 2.42. The van der Waals surface area contributed by atoms with E-state index in [0.717, 1.165) is 12.5 Å². The summed E-state index contributed by atoms with van der Waals surface area (Å²) in [6, 6.07) is 9.88. The SMILES string of the molecule is CN1CCC(NCc2cccc(C3CC3)c2)CC1. The molecule has 1 N–H and O–H groups in total. The van der Waals surface area contributed by atoms with Crippen molar-refractivity contribution in [2.24, 2.45) is 0 Å². The Bertz CT molecular complexity index is 390. The molecule has 1 aliphatic heterocycles. The monoisotopic (exact) mass is 244 g/mol. The first kappa shape index (κ1) is 12.2. The zero-order valence-corrected chi connectivity index (χ0v) is 11.4. The molecule has 0 bridgehead atoms. The minimum Gasteiger partial charge on any atom is -0.310 e. The van der Waals surface area contributed by atoms with E-state index in [1.807, 2.05) is 0 Å². The molecule has 0 unspecified atom stereocenters. The van der Waals surface area contributed by atoms with E-state index in [4.69, 9.17) is 0 Å². The van der Waals surface area contributed by atoms with E-state index in [0.29, 0.717) is 6.04 Å². The summed E-state index contributed by atoms with van der Waals surface area (Å²) in [5.74, 6) is 0.869. The van der Waals surface area contributed by atoms with Crippen LogP contribution in [0.5, 0.6) is 0 Å². The number of hydrogen-bond acceptors (Lipinski definition) is 2. The lowest BCUT2D eigenvalue weighted by Gasteiger charge is -2.29. The first-order valence-electron chi connectivity index (χ1n) is 7.32. The van der Waals surface area contributed by atoms with Crippen LogP contribution >= 0.6 is 0 Å². The van der Waals surface area contributed by atoms with Crippen LogP contribution in [-0.4, -0.2) is 31.1 Å². The normalized spacial score (nSPS) is 22.3. The maximum absolute atomic E-state index is 3.72. The molecule has 2 nitrogen and oxygen atoms in total. The molecular formula is C16H24N2. The number of piperidine rings is 1. The average molecular weight is 244 g/mol. The molecule has 0 atom stereocenters. The van der Waals surface area contributed by atoms with Gasteiger partial charge in [0.25, 0.3) is 0 Å². The van der Waals surface area contributed by atoms with Crippen molar-refractivity contribution in [3.05, 3.63) is 35.4 Å². The molecule has 1 aromatic carbocycles. The molecule has 2 heteroatoms. The van der Waals surface area contributed by atoms with Gasteiger partial charge in [0.1, 0.15) is 0 Å². The summed E-state index contributed by atoms with van der Waals surface area (Å²) in [5, 5.41) is 3.72. The molecule has 3 rings (SSSR count). The van der Waals surface area contributed by atoms with Gasteiger partial charge in [-0.25, -0.2) is 0 Å². The summed E-state index contributed by atoms with van der Waals surface area (Å²) < 4.78 is 0. The number of nitrogens with one attached hydrogen (secondary N) is 1. The lowest BCUT2D eigenvalue weighted by molar-refractivity contribution is 0.234. The Morgan fingerprint density at radius 3 is 2.67 bits per heavy atom. The maximum Gasteiger partial charge on any atom is 0.0208 e. The molecule has 2 aliphatic rings. The second-order valence-corrected chi connectivity index (χ2v) is 5.98. The van der Waals surface area contributed by atoms with Crippen LogP contribution in [0.15, 0.2) is 24.3 Å². The van der Waals surface area contributed by atoms with Gasteiger partial charge < -0.3 is 10.2 Å². The highest BCUT2D eigenvalue weighted by atomic mass is 15.1. The first-order valence-corrected chi connectivity index (χ1v) is 7.32. The van der Waals surface area contributed by atoms with E-state index in [1.54, 1.807) is 5.56 Å². The molecule has 2 fully saturated rings. The second kappa shape index (κ2) is 5.41. The maximum atomic E-state index is 3.72. The van der Waals surface area contributed by atoms with Gasteiger partial charge in [-0.05, 0) is 62.9 Å². The van der Waals surface area contributed by atoms with Gasteiger partial charge in [0.05, 0.1) is 0 Å². The number of nitrogens with zero attached hydrogens (tertiary/aromatic N) is 1. The lowest BCUT2D eigenvalue weighted by Crippen LogP contribution is -2.40. The molecular weight excluding hydrogens is 220 g/mol. The van der Waals surface area contributed by atoms with Crippen LogP contribution in [-0.2, 0) is 6.54 Å². The minimum absolute atomic E-state index is 0.714. The van der Waals surface area contributed by atoms with Crippen LogP contribution in [0.2, 0.25) is 0 Å². The van der Waals surface area contributed by atoms with Gasteiger partial charge in [-0.3, -0.25) is 0 Å². The average Bonchev–Trinajstić information content (AvgIpc) is 3.23. The Morgan fingerprint density at radius 2 is 1.94 bits per heavy atom. The van der Waals surface area contributed by atoms with Gasteiger partial charge in [-0.15, -0.1) is 0 Å². The van der Waals surface area contributed by atoms with Gasteiger partial charge >= 0.3 is 0 Å². The highest BCUT2D eigenvalue weighted by Crippen LogP contribution is 2.40. The predicted molar refractivity (Wildman–Crippen MR) is 75.8 cm³/mol. The third-order valence-electron chi connectivity index (χ3n) is 4.31. The minimum atomic E-state index is 0.714. The summed E-state index contributed by atoms with van der Waals surface area (Å²) >= 11 is 0. The Morgan fingerprint density at radius 1 is 1.17 bits per heavy atom. The number of rotatable bonds is 4. The number of hydrogen-bond donors (Lipinski definition) is 1. The van der Waals surface area contributed by atoms with Crippen LogP contribution < -0.4 is 5.32 Å². The number of likely N-dealkylation sites (tertiary alicyclic amines) is 1. The van der Waals surface area contributed by atoms with Crippen molar-refractivity contribution >= 4 is 0 Å². The van der Waals surface area contributed by atoms with Gasteiger partial charge in [0.2, 0.25) is 0 Å². The van der Waals surface area contributed by atoms with Gasteiger partial charge in [-0.1, -0.05) is 24.3 Å². The summed E-state index contributed by atoms with van der Waals surface area (Å²) in [6.45, 7) is 3.51. The number of benzene rings is 1. The van der Waals surface area contributed by atoms with Crippen molar-refractivity contribution in [2.45, 2.75) is 44.2 Å². The summed E-state index contributed by atoms with van der Waals surface area (Å²) in [6.07, 6.45) is 5.37. The fourth-order valence-electron chi connectivity index (χ4n) is 2.85. The highest BCUT2D eigenvalue weighted by molar-refractivity contribution is 5.29. The van der Waals surface area contributed by atoms with E-state index >= 15 is 0 Å². The third kappa shape index (κ3) is 3.12. The molecule has 0 radical (unpaired) electrons. The fourth-order valence-corrected chi connectivity index (χ4v) is 2.85. The lowest BCUT2D eigenvalue weighted by atomic mass is 10.0. The Balaban J connectivity index is 1.51. The van der Waals surface area contributed by atoms with E-state index < -0.39 is 0 Å². The molecule has 18 heavy (non-hydrogen) atoms. The quantitative estimate of drug-likeness (QED) is 0.876. The predicted octanol–water partition coefficient (Wildman–Crippen LogP) is 2.75. The standard InChI is InChI=1S/C16H24N2/c1-18-9-7-16(8-10-18)17-12-13-3-2-4-15(11-13)14-5-6-14/h2-4,11,14,16-17H,5-10,12H2,1H3. The van der Waals surface area contributed by atoms with Crippen molar-refractivity contribution in [3.8, 4) is 0 Å². The first-order chi connectivity index (χ1) is 8.81. The largest absolute Gasteiger partial charge is 0.310 e. The van der Waals surface area contributed by atoms with E-state index in [9.17, 15) is 0 Å². The molecule has 1 aromatic rings. The topological polar surface area (TPSA) is 15.3 Å². The van der Waals surface area contributed by atoms with Crippen molar-refractivity contribution in [3.63, 3.8) is 0 Å². The van der Waals surface area contributed by atoms with Gasteiger partial charge in [0, 0.05) is 12.6 Å². The molecule has 0 spiro atoms. The summed E-state index contributed by atoms with van der Waals surface area (Å²) in [5.41, 5.74) is 3.01. The fraction of sp³-hybridized carbons (Fsp3) is 0.625. The van der Waals surface area contributed by atoms with Crippen molar-refractivity contribution in [2.75, 3.05) is 20.1 Å². The molecule has 1 heterocycles. The Labute approximate surface area is 110 Å². The van der Waals surface area contributed by atoms with Crippen molar-refractivity contribution in [1.29, 1.82) is 0 Å². The molecule has 98 valence electrons. The molecule has 1 saturated carbocycles. The smallest absolute Gasteiger partial charge is 0.0208 e. The molecule has 1 aliphatic carbocycles. The zero-order valence-electron chi connectivity index (χ0n) is 11.4. The van der Waals surface area contributed by atoms with Crippen LogP contribution in [0.1, 0.15) is 42.7 Å². The third-order valence-corrected chi connectivity index (χ3v) is 4.31. The van der Waals surface area contributed by atoms with Gasteiger partial charge in [-0.2, -0.15) is 0 Å². The van der Waals surface area contributed by atoms with Gasteiger partial charge in [0.15, 0.2) is 0 Å². The Kier molecular flexibility index (Phi) is 3.67.